The molecule has 2 N–H and O–H groups in total. The number of nitrogens with zero attached hydrogens (tertiary/aromatic N) is 2. The van der Waals surface area contributed by atoms with Crippen LogP contribution in [0.15, 0.2) is 30.3 Å². The molecule has 0 spiro atoms. The SMILES string of the molecule is C.CCN(CC)CCNC(=O)c1ccc2c(n1)CO/C2=C1/C(=O)Nc2ccc(F)cc21. The number of nitrogens with one attached hydrogen (secondary N) is 2. The molecule has 0 bridgehead atoms. The van der Waals surface area contributed by atoms with Crippen LogP contribution in [0.2, 0.25) is 0 Å². The zero-order valence-electron chi connectivity index (χ0n) is 16.9. The van der Waals surface area contributed by atoms with Crippen molar-refractivity contribution in [2.75, 3.05) is 31.5 Å². The lowest BCUT2D eigenvalue weighted by Crippen LogP contribution is -2.35. The van der Waals surface area contributed by atoms with Gasteiger partial charge in [-0.1, -0.05) is 21.3 Å². The number of halogens is 1. The van der Waals surface area contributed by atoms with Crippen LogP contribution >= 0.6 is 0 Å². The molecule has 3 heterocycles. The first-order chi connectivity index (χ1) is 14.5. The second-order valence-electron chi connectivity index (χ2n) is 7.11. The fourth-order valence-corrected chi connectivity index (χ4v) is 3.69. The molecule has 0 saturated carbocycles. The molecule has 0 saturated heterocycles. The van der Waals surface area contributed by atoms with Gasteiger partial charge < -0.3 is 20.3 Å². The topological polar surface area (TPSA) is 83.6 Å². The molecule has 2 amide bonds. The second-order valence-corrected chi connectivity index (χ2v) is 7.11. The first-order valence-electron chi connectivity index (χ1n) is 10.0. The van der Waals surface area contributed by atoms with Crippen LogP contribution in [-0.4, -0.2) is 47.9 Å². The van der Waals surface area contributed by atoms with Crippen molar-refractivity contribution >= 4 is 28.8 Å². The Kier molecular flexibility index (Phi) is 6.70. The van der Waals surface area contributed by atoms with E-state index < -0.39 is 5.82 Å². The summed E-state index contributed by atoms with van der Waals surface area (Å²) in [4.78, 5) is 31.6. The summed E-state index contributed by atoms with van der Waals surface area (Å²) in [5.41, 5.74) is 2.79. The molecule has 0 aliphatic carbocycles. The molecule has 2 aliphatic heterocycles. The predicted molar refractivity (Wildman–Crippen MR) is 118 cm³/mol. The van der Waals surface area contributed by atoms with Gasteiger partial charge in [0.15, 0.2) is 0 Å². The summed E-state index contributed by atoms with van der Waals surface area (Å²) in [6.45, 7) is 7.47. The molecule has 0 atom stereocenters. The molecule has 7 nitrogen and oxygen atoms in total. The van der Waals surface area contributed by atoms with Crippen molar-refractivity contribution in [1.82, 2.24) is 15.2 Å². The minimum Gasteiger partial charge on any atom is -0.486 e. The number of likely N-dealkylation sites (N-methyl/N-ethyl adjacent to an activating group) is 1. The number of hydrogen-bond acceptors (Lipinski definition) is 5. The Morgan fingerprint density at radius 3 is 2.74 bits per heavy atom. The normalized spacial score (nSPS) is 16.3. The Morgan fingerprint density at radius 2 is 2.00 bits per heavy atom. The third-order valence-corrected chi connectivity index (χ3v) is 5.37. The highest BCUT2D eigenvalue weighted by Crippen LogP contribution is 2.41. The van der Waals surface area contributed by atoms with Crippen LogP contribution in [0.5, 0.6) is 0 Å². The molecule has 8 heteroatoms. The number of anilines is 1. The van der Waals surface area contributed by atoms with Crippen molar-refractivity contribution in [2.24, 2.45) is 0 Å². The third-order valence-electron chi connectivity index (χ3n) is 5.37. The number of fused-ring (bicyclic) bond motifs is 2. The highest BCUT2D eigenvalue weighted by atomic mass is 19.1. The molecule has 2 aliphatic rings. The summed E-state index contributed by atoms with van der Waals surface area (Å²) >= 11 is 0. The zero-order valence-corrected chi connectivity index (χ0v) is 16.9. The Hall–Kier alpha value is -3.26. The van der Waals surface area contributed by atoms with Crippen molar-refractivity contribution in [3.63, 3.8) is 0 Å². The summed E-state index contributed by atoms with van der Waals surface area (Å²) in [5.74, 6) is -0.682. The smallest absolute Gasteiger partial charge is 0.269 e. The molecule has 31 heavy (non-hydrogen) atoms. The van der Waals surface area contributed by atoms with Crippen LogP contribution in [0.25, 0.3) is 11.3 Å². The second kappa shape index (κ2) is 9.26. The van der Waals surface area contributed by atoms with Gasteiger partial charge in [-0.05, 0) is 43.4 Å². The van der Waals surface area contributed by atoms with Gasteiger partial charge in [0.1, 0.15) is 23.9 Å². The number of carbonyl (C=O) groups is 2. The highest BCUT2D eigenvalue weighted by molar-refractivity contribution is 6.36. The lowest BCUT2D eigenvalue weighted by molar-refractivity contribution is -0.110. The Morgan fingerprint density at radius 1 is 1.23 bits per heavy atom. The van der Waals surface area contributed by atoms with E-state index in [9.17, 15) is 14.0 Å². The highest BCUT2D eigenvalue weighted by Gasteiger charge is 2.33. The number of carbonyl (C=O) groups excluding carboxylic acids is 2. The van der Waals surface area contributed by atoms with E-state index in [4.69, 9.17) is 4.74 Å². The van der Waals surface area contributed by atoms with Crippen LogP contribution < -0.4 is 10.6 Å². The maximum atomic E-state index is 13.7. The summed E-state index contributed by atoms with van der Waals surface area (Å²) in [6.07, 6.45) is 0. The first-order valence-corrected chi connectivity index (χ1v) is 10.0. The maximum Gasteiger partial charge on any atom is 0.269 e. The van der Waals surface area contributed by atoms with Crippen molar-refractivity contribution in [3.05, 3.63) is 58.7 Å². The predicted octanol–water partition coefficient (Wildman–Crippen LogP) is 3.28. The van der Waals surface area contributed by atoms with Crippen LogP contribution in [0.4, 0.5) is 10.1 Å². The van der Waals surface area contributed by atoms with Gasteiger partial charge in [0.05, 0.1) is 11.3 Å². The molecular formula is C23H27FN4O3. The molecule has 2 aromatic rings. The molecule has 4 rings (SSSR count). The monoisotopic (exact) mass is 426 g/mol. The number of aromatic nitrogens is 1. The Balaban J connectivity index is 0.00000272. The van der Waals surface area contributed by atoms with Gasteiger partial charge in [0.2, 0.25) is 0 Å². The van der Waals surface area contributed by atoms with Crippen molar-refractivity contribution < 1.29 is 18.7 Å². The number of hydrogen-bond donors (Lipinski definition) is 2. The van der Waals surface area contributed by atoms with Crippen LogP contribution in [-0.2, 0) is 16.1 Å². The first kappa shape index (κ1) is 22.4. The molecule has 0 unspecified atom stereocenters. The van der Waals surface area contributed by atoms with Gasteiger partial charge in [-0.15, -0.1) is 0 Å². The van der Waals surface area contributed by atoms with E-state index in [-0.39, 0.29) is 31.4 Å². The minimum atomic E-state index is -0.434. The number of ether oxygens (including phenoxy) is 1. The van der Waals surface area contributed by atoms with E-state index in [1.165, 1.54) is 18.2 Å². The molecule has 1 aromatic heterocycles. The number of rotatable bonds is 6. The van der Waals surface area contributed by atoms with E-state index in [0.29, 0.717) is 40.5 Å². The van der Waals surface area contributed by atoms with Crippen molar-refractivity contribution in [3.8, 4) is 0 Å². The number of amides is 2. The lowest BCUT2D eigenvalue weighted by atomic mass is 10.0. The summed E-state index contributed by atoms with van der Waals surface area (Å²) in [5, 5.41) is 5.60. The van der Waals surface area contributed by atoms with Gasteiger partial charge in [0.25, 0.3) is 11.8 Å². The summed E-state index contributed by atoms with van der Waals surface area (Å²) < 4.78 is 19.5. The fourth-order valence-electron chi connectivity index (χ4n) is 3.69. The minimum absolute atomic E-state index is 0. The van der Waals surface area contributed by atoms with Gasteiger partial charge >= 0.3 is 0 Å². The molecule has 164 valence electrons. The standard InChI is InChI=1S/C22H23FN4O3.CH4/c1-3-27(4-2)10-9-24-21(28)17-8-6-14-18(25-17)12-30-20(14)19-15-11-13(23)5-7-16(15)26-22(19)29;/h5-8,11H,3-4,9-10,12H2,1-2H3,(H,24,28)(H,26,29);1H4/b20-19+;. The number of benzene rings is 1. The number of pyridine rings is 1. The van der Waals surface area contributed by atoms with Gasteiger partial charge in [-0.2, -0.15) is 0 Å². The average Bonchev–Trinajstić information content (AvgIpc) is 3.29. The van der Waals surface area contributed by atoms with E-state index in [1.807, 2.05) is 0 Å². The largest absolute Gasteiger partial charge is 0.486 e. The van der Waals surface area contributed by atoms with Crippen molar-refractivity contribution in [1.29, 1.82) is 0 Å². The summed E-state index contributed by atoms with van der Waals surface area (Å²) in [7, 11) is 0. The molecule has 1 aromatic carbocycles. The molecular weight excluding hydrogens is 399 g/mol. The van der Waals surface area contributed by atoms with Gasteiger partial charge in [-0.25, -0.2) is 9.37 Å². The van der Waals surface area contributed by atoms with Gasteiger partial charge in [0, 0.05) is 29.9 Å². The maximum absolute atomic E-state index is 13.7. The van der Waals surface area contributed by atoms with Gasteiger partial charge in [-0.3, -0.25) is 9.59 Å². The third kappa shape index (κ3) is 4.29. The van der Waals surface area contributed by atoms with Crippen LogP contribution in [0.1, 0.15) is 48.6 Å². The summed E-state index contributed by atoms with van der Waals surface area (Å²) in [6, 6.07) is 7.46. The van der Waals surface area contributed by atoms with E-state index in [1.54, 1.807) is 12.1 Å². The Bertz CT molecular complexity index is 1050. The van der Waals surface area contributed by atoms with Crippen LogP contribution in [0, 0.1) is 5.82 Å². The zero-order chi connectivity index (χ0) is 21.3. The van der Waals surface area contributed by atoms with E-state index in [2.05, 4.69) is 34.4 Å². The Labute approximate surface area is 181 Å². The lowest BCUT2D eigenvalue weighted by Gasteiger charge is -2.17. The van der Waals surface area contributed by atoms with E-state index in [0.717, 1.165) is 19.6 Å². The average molecular weight is 426 g/mol. The van der Waals surface area contributed by atoms with Crippen molar-refractivity contribution in [2.45, 2.75) is 27.9 Å². The molecule has 0 radical (unpaired) electrons. The fraction of sp³-hybridized carbons (Fsp3) is 0.348. The van der Waals surface area contributed by atoms with E-state index >= 15 is 0 Å². The quantitative estimate of drug-likeness (QED) is 0.693. The van der Waals surface area contributed by atoms with Crippen LogP contribution in [0.3, 0.4) is 0 Å². The molecule has 0 fully saturated rings.